The quantitative estimate of drug-likeness (QED) is 0.772. The zero-order valence-corrected chi connectivity index (χ0v) is 10.3. The molecule has 98 valence electrons. The van der Waals surface area contributed by atoms with Crippen LogP contribution in [0.4, 0.5) is 4.79 Å². The van der Waals surface area contributed by atoms with Gasteiger partial charge >= 0.3 is 12.0 Å². The number of hydrogen-bond acceptors (Lipinski definition) is 2. The molecule has 0 radical (unpaired) electrons. The molecule has 0 spiro atoms. The van der Waals surface area contributed by atoms with E-state index in [0.29, 0.717) is 6.42 Å². The van der Waals surface area contributed by atoms with Crippen molar-refractivity contribution >= 4 is 12.0 Å². The number of urea groups is 1. The summed E-state index contributed by atoms with van der Waals surface area (Å²) in [5, 5.41) is 11.8. The first-order chi connectivity index (χ1) is 9.13. The zero-order chi connectivity index (χ0) is 13.8. The Morgan fingerprint density at radius 1 is 1.42 bits per heavy atom. The van der Waals surface area contributed by atoms with E-state index in [1.165, 1.54) is 4.90 Å². The Bertz CT molecular complexity index is 548. The fourth-order valence-electron chi connectivity index (χ4n) is 2.19. The van der Waals surface area contributed by atoms with E-state index >= 15 is 0 Å². The van der Waals surface area contributed by atoms with Crippen molar-refractivity contribution in [3.8, 4) is 12.3 Å². The fourth-order valence-corrected chi connectivity index (χ4v) is 2.19. The Labute approximate surface area is 111 Å². The minimum atomic E-state index is -1.01. The van der Waals surface area contributed by atoms with Crippen LogP contribution < -0.4 is 5.32 Å². The van der Waals surface area contributed by atoms with Crippen LogP contribution in [0, 0.1) is 12.3 Å². The topological polar surface area (TPSA) is 69.6 Å². The maximum absolute atomic E-state index is 11.9. The second-order valence-corrected chi connectivity index (χ2v) is 4.32. The van der Waals surface area contributed by atoms with Crippen LogP contribution in [0.25, 0.3) is 0 Å². The van der Waals surface area contributed by atoms with Crippen molar-refractivity contribution in [2.75, 3.05) is 6.54 Å². The second-order valence-electron chi connectivity index (χ2n) is 4.32. The van der Waals surface area contributed by atoms with Crippen molar-refractivity contribution < 1.29 is 14.7 Å². The zero-order valence-electron chi connectivity index (χ0n) is 10.3. The number of nitrogens with zero attached hydrogens (tertiary/aromatic N) is 1. The molecule has 5 heteroatoms. The third-order valence-electron chi connectivity index (χ3n) is 3.14. The minimum absolute atomic E-state index is 0.0866. The fraction of sp³-hybridized carbons (Fsp3) is 0.286. The average molecular weight is 258 g/mol. The third kappa shape index (κ3) is 2.68. The highest BCUT2D eigenvalue weighted by molar-refractivity contribution is 5.83. The minimum Gasteiger partial charge on any atom is -0.480 e. The van der Waals surface area contributed by atoms with Crippen LogP contribution in [0.3, 0.4) is 0 Å². The number of carbonyl (C=O) groups is 2. The molecule has 1 aliphatic heterocycles. The molecule has 0 saturated carbocycles. The standard InChI is InChI=1S/C14H14N2O3/c1-2-7-15-14(19)16-9-11-6-4-3-5-10(11)8-12(16)13(17)18/h1,3-6,12H,7-9H2,(H,15,19)(H,17,18)/t12-/m1/s1. The van der Waals surface area contributed by atoms with Gasteiger partial charge in [0.05, 0.1) is 6.54 Å². The highest BCUT2D eigenvalue weighted by Gasteiger charge is 2.34. The van der Waals surface area contributed by atoms with E-state index in [4.69, 9.17) is 6.42 Å². The Balaban J connectivity index is 2.24. The van der Waals surface area contributed by atoms with Crippen LogP contribution >= 0.6 is 0 Å². The van der Waals surface area contributed by atoms with Crippen molar-refractivity contribution in [3.05, 3.63) is 35.4 Å². The second kappa shape index (κ2) is 5.44. The van der Waals surface area contributed by atoms with Gasteiger partial charge in [0.2, 0.25) is 0 Å². The maximum atomic E-state index is 11.9. The average Bonchev–Trinajstić information content (AvgIpc) is 2.43. The largest absolute Gasteiger partial charge is 0.480 e. The molecule has 0 saturated heterocycles. The summed E-state index contributed by atoms with van der Waals surface area (Å²) in [6, 6.07) is 6.23. The predicted molar refractivity (Wildman–Crippen MR) is 69.3 cm³/mol. The van der Waals surface area contributed by atoms with Crippen LogP contribution in [0.15, 0.2) is 24.3 Å². The molecule has 1 atom stereocenters. The van der Waals surface area contributed by atoms with Gasteiger partial charge in [-0.25, -0.2) is 9.59 Å². The molecule has 0 aromatic heterocycles. The van der Waals surface area contributed by atoms with Gasteiger partial charge < -0.3 is 15.3 Å². The molecule has 19 heavy (non-hydrogen) atoms. The smallest absolute Gasteiger partial charge is 0.326 e. The first kappa shape index (κ1) is 13.0. The summed E-state index contributed by atoms with van der Waals surface area (Å²) in [6.45, 7) is 0.368. The van der Waals surface area contributed by atoms with E-state index < -0.39 is 18.0 Å². The lowest BCUT2D eigenvalue weighted by Crippen LogP contribution is -2.52. The molecule has 1 heterocycles. The summed E-state index contributed by atoms with van der Waals surface area (Å²) in [7, 11) is 0. The molecule has 2 rings (SSSR count). The number of terminal acetylenes is 1. The number of benzene rings is 1. The Morgan fingerprint density at radius 3 is 2.74 bits per heavy atom. The molecule has 0 unspecified atom stereocenters. The van der Waals surface area contributed by atoms with Gasteiger partial charge in [-0.15, -0.1) is 6.42 Å². The first-order valence-electron chi connectivity index (χ1n) is 5.91. The van der Waals surface area contributed by atoms with Gasteiger partial charge in [-0.3, -0.25) is 0 Å². The molecule has 1 aromatic carbocycles. The summed E-state index contributed by atoms with van der Waals surface area (Å²) < 4.78 is 0. The van der Waals surface area contributed by atoms with E-state index in [9.17, 15) is 14.7 Å². The lowest BCUT2D eigenvalue weighted by Gasteiger charge is -2.34. The van der Waals surface area contributed by atoms with E-state index in [2.05, 4.69) is 11.2 Å². The normalized spacial score (nSPS) is 17.2. The number of amides is 2. The highest BCUT2D eigenvalue weighted by atomic mass is 16.4. The van der Waals surface area contributed by atoms with Gasteiger partial charge in [-0.2, -0.15) is 0 Å². The number of aliphatic carboxylic acids is 1. The summed E-state index contributed by atoms with van der Waals surface area (Å²) in [4.78, 5) is 24.5. The van der Waals surface area contributed by atoms with Gasteiger partial charge in [0.25, 0.3) is 0 Å². The van der Waals surface area contributed by atoms with Crippen molar-refractivity contribution in [1.82, 2.24) is 10.2 Å². The van der Waals surface area contributed by atoms with Crippen LogP contribution in [0.2, 0.25) is 0 Å². The number of carbonyl (C=O) groups excluding carboxylic acids is 1. The van der Waals surface area contributed by atoms with Crippen LogP contribution in [0.5, 0.6) is 0 Å². The number of carboxylic acid groups (broad SMARTS) is 1. The van der Waals surface area contributed by atoms with Crippen LogP contribution in [0.1, 0.15) is 11.1 Å². The molecule has 0 aliphatic carbocycles. The van der Waals surface area contributed by atoms with Crippen LogP contribution in [-0.2, 0) is 17.8 Å². The molecule has 1 aliphatic rings. The Morgan fingerprint density at radius 2 is 2.11 bits per heavy atom. The van der Waals surface area contributed by atoms with Crippen molar-refractivity contribution in [2.24, 2.45) is 0 Å². The predicted octanol–water partition coefficient (Wildman–Crippen LogP) is 0.841. The van der Waals surface area contributed by atoms with E-state index in [1.807, 2.05) is 24.3 Å². The summed E-state index contributed by atoms with van der Waals surface area (Å²) in [6.07, 6.45) is 5.39. The highest BCUT2D eigenvalue weighted by Crippen LogP contribution is 2.23. The van der Waals surface area contributed by atoms with Crippen molar-refractivity contribution in [2.45, 2.75) is 19.0 Å². The van der Waals surface area contributed by atoms with Crippen LogP contribution in [-0.4, -0.2) is 34.6 Å². The van der Waals surface area contributed by atoms with Crippen molar-refractivity contribution in [3.63, 3.8) is 0 Å². The molecule has 0 fully saturated rings. The molecule has 0 bridgehead atoms. The molecule has 2 amide bonds. The molecule has 2 N–H and O–H groups in total. The molecular weight excluding hydrogens is 244 g/mol. The lowest BCUT2D eigenvalue weighted by atomic mass is 9.94. The van der Waals surface area contributed by atoms with Gasteiger partial charge in [0, 0.05) is 13.0 Å². The Hall–Kier alpha value is -2.48. The molecule has 5 nitrogen and oxygen atoms in total. The number of rotatable bonds is 2. The third-order valence-corrected chi connectivity index (χ3v) is 3.14. The first-order valence-corrected chi connectivity index (χ1v) is 5.91. The number of fused-ring (bicyclic) bond motifs is 1. The molecular formula is C14H14N2O3. The Kier molecular flexibility index (Phi) is 3.71. The van der Waals surface area contributed by atoms with E-state index in [-0.39, 0.29) is 13.1 Å². The maximum Gasteiger partial charge on any atom is 0.326 e. The summed E-state index contributed by atoms with van der Waals surface area (Å²) in [5.74, 6) is 1.29. The van der Waals surface area contributed by atoms with E-state index in [0.717, 1.165) is 11.1 Å². The van der Waals surface area contributed by atoms with Gasteiger partial charge in [0.1, 0.15) is 6.04 Å². The summed E-state index contributed by atoms with van der Waals surface area (Å²) >= 11 is 0. The van der Waals surface area contributed by atoms with Crippen molar-refractivity contribution in [1.29, 1.82) is 0 Å². The monoisotopic (exact) mass is 258 g/mol. The summed E-state index contributed by atoms with van der Waals surface area (Å²) in [5.41, 5.74) is 1.94. The van der Waals surface area contributed by atoms with Gasteiger partial charge in [0.15, 0.2) is 0 Å². The van der Waals surface area contributed by atoms with Gasteiger partial charge in [-0.05, 0) is 11.1 Å². The van der Waals surface area contributed by atoms with Gasteiger partial charge in [-0.1, -0.05) is 30.2 Å². The lowest BCUT2D eigenvalue weighted by molar-refractivity contribution is -0.142. The number of carboxylic acids is 1. The molecule has 1 aromatic rings. The number of hydrogen-bond donors (Lipinski definition) is 2. The number of nitrogens with one attached hydrogen (secondary N) is 1. The SMILES string of the molecule is C#CCNC(=O)N1Cc2ccccc2C[C@@H]1C(=O)O. The van der Waals surface area contributed by atoms with E-state index in [1.54, 1.807) is 0 Å².